The van der Waals surface area contributed by atoms with Gasteiger partial charge in [-0.05, 0) is 19.3 Å². The van der Waals surface area contributed by atoms with Gasteiger partial charge >= 0.3 is 0 Å². The minimum Gasteiger partial charge on any atom is -0.336 e. The van der Waals surface area contributed by atoms with Gasteiger partial charge in [-0.25, -0.2) is 4.98 Å². The molecule has 24 heavy (non-hydrogen) atoms. The Kier molecular flexibility index (Phi) is 3.59. The number of rotatable bonds is 4. The molecule has 0 radical (unpaired) electrons. The first-order chi connectivity index (χ1) is 11.6. The molecule has 1 saturated carbocycles. The lowest BCUT2D eigenvalue weighted by molar-refractivity contribution is -0.143. The van der Waals surface area contributed by atoms with Crippen molar-refractivity contribution in [3.8, 4) is 0 Å². The van der Waals surface area contributed by atoms with Crippen LogP contribution in [-0.4, -0.2) is 42.5 Å². The first kappa shape index (κ1) is 14.9. The Balaban J connectivity index is 1.66. The third-order valence-electron chi connectivity index (χ3n) is 4.80. The number of carbonyl (C=O) groups excluding carboxylic acids is 2. The molecule has 2 N–H and O–H groups in total. The van der Waals surface area contributed by atoms with Crippen LogP contribution in [0.25, 0.3) is 0 Å². The fourth-order valence-electron chi connectivity index (χ4n) is 3.49. The molecule has 0 bridgehead atoms. The van der Waals surface area contributed by atoms with Crippen LogP contribution in [-0.2, 0) is 16.6 Å². The van der Waals surface area contributed by atoms with E-state index in [4.69, 9.17) is 0 Å². The number of carbonyl (C=O) groups is 2. The van der Waals surface area contributed by atoms with Gasteiger partial charge in [0.2, 0.25) is 11.8 Å². The van der Waals surface area contributed by atoms with Gasteiger partial charge in [0.05, 0.1) is 17.8 Å². The lowest BCUT2D eigenvalue weighted by Gasteiger charge is -2.40. The van der Waals surface area contributed by atoms with Crippen molar-refractivity contribution in [3.05, 3.63) is 30.6 Å². The van der Waals surface area contributed by atoms with Crippen LogP contribution in [0.15, 0.2) is 24.8 Å². The van der Waals surface area contributed by atoms with E-state index >= 15 is 0 Å². The maximum atomic E-state index is 12.8. The number of imidazole rings is 1. The summed E-state index contributed by atoms with van der Waals surface area (Å²) >= 11 is 0. The van der Waals surface area contributed by atoms with Crippen LogP contribution < -0.4 is 5.32 Å². The smallest absolute Gasteiger partial charge is 0.230 e. The first-order valence-corrected chi connectivity index (χ1v) is 8.23. The maximum Gasteiger partial charge on any atom is 0.230 e. The summed E-state index contributed by atoms with van der Waals surface area (Å²) in [5.74, 6) is 0.474. The highest BCUT2D eigenvalue weighted by molar-refractivity contribution is 5.94. The summed E-state index contributed by atoms with van der Waals surface area (Å²) in [5, 5.41) is 9.42. The molecular weight excluding hydrogens is 308 g/mol. The second-order valence-electron chi connectivity index (χ2n) is 6.49. The van der Waals surface area contributed by atoms with Gasteiger partial charge in [-0.2, -0.15) is 5.10 Å². The van der Waals surface area contributed by atoms with Crippen LogP contribution in [0.2, 0.25) is 0 Å². The third kappa shape index (κ3) is 2.57. The number of hydrogen-bond acceptors (Lipinski definition) is 4. The predicted molar refractivity (Wildman–Crippen MR) is 85.8 cm³/mol. The molecular formula is C16H20N6O2. The largest absolute Gasteiger partial charge is 0.336 e. The van der Waals surface area contributed by atoms with Crippen LogP contribution in [0.5, 0.6) is 0 Å². The number of amides is 2. The Morgan fingerprint density at radius 1 is 1.38 bits per heavy atom. The molecule has 0 unspecified atom stereocenters. The Hall–Kier alpha value is -2.64. The number of piperidine rings is 1. The van der Waals surface area contributed by atoms with Crippen molar-refractivity contribution >= 4 is 17.5 Å². The molecule has 2 fully saturated rings. The minimum absolute atomic E-state index is 0.0949. The number of hydrogen-bond donors (Lipinski definition) is 2. The summed E-state index contributed by atoms with van der Waals surface area (Å²) in [7, 11) is 1.90. The van der Waals surface area contributed by atoms with Crippen molar-refractivity contribution in [2.45, 2.75) is 37.8 Å². The number of nitrogens with one attached hydrogen (secondary N) is 2. The van der Waals surface area contributed by atoms with Gasteiger partial charge in [0.15, 0.2) is 0 Å². The van der Waals surface area contributed by atoms with Gasteiger partial charge in [0.1, 0.15) is 11.9 Å². The molecule has 2 aromatic heterocycles. The van der Waals surface area contributed by atoms with Crippen molar-refractivity contribution in [2.24, 2.45) is 13.0 Å². The zero-order chi connectivity index (χ0) is 16.7. The average molecular weight is 328 g/mol. The predicted octanol–water partition coefficient (Wildman–Crippen LogP) is 1.22. The van der Waals surface area contributed by atoms with E-state index in [2.05, 4.69) is 20.5 Å². The number of nitrogens with zero attached hydrogens (tertiary/aromatic N) is 4. The third-order valence-corrected chi connectivity index (χ3v) is 4.80. The molecule has 1 aliphatic carbocycles. The fraction of sp³-hybridized carbons (Fsp3) is 0.500. The summed E-state index contributed by atoms with van der Waals surface area (Å²) in [4.78, 5) is 31.7. The molecule has 0 aromatic carbocycles. The summed E-state index contributed by atoms with van der Waals surface area (Å²) in [5.41, 5.74) is 0.633. The van der Waals surface area contributed by atoms with Crippen LogP contribution in [0, 0.1) is 5.92 Å². The Bertz CT molecular complexity index is 748. The zero-order valence-electron chi connectivity index (χ0n) is 13.5. The van der Waals surface area contributed by atoms with Crippen molar-refractivity contribution < 1.29 is 9.59 Å². The fourth-order valence-corrected chi connectivity index (χ4v) is 3.49. The van der Waals surface area contributed by atoms with Gasteiger partial charge in [-0.15, -0.1) is 0 Å². The molecule has 2 amide bonds. The zero-order valence-corrected chi connectivity index (χ0v) is 13.5. The summed E-state index contributed by atoms with van der Waals surface area (Å²) in [6, 6.07) is -0.0747. The second kappa shape index (κ2) is 5.77. The number of aromatic amines is 1. The van der Waals surface area contributed by atoms with Crippen molar-refractivity contribution in [3.63, 3.8) is 0 Å². The average Bonchev–Trinajstić information content (AvgIpc) is 3.09. The number of H-pyrrole nitrogens is 1. The Morgan fingerprint density at radius 3 is 2.83 bits per heavy atom. The van der Waals surface area contributed by atoms with E-state index in [1.165, 1.54) is 0 Å². The van der Waals surface area contributed by atoms with Gasteiger partial charge in [-0.3, -0.25) is 14.7 Å². The molecule has 2 aliphatic rings. The summed E-state index contributed by atoms with van der Waals surface area (Å²) in [6.45, 7) is 0. The van der Waals surface area contributed by atoms with Gasteiger partial charge in [0.25, 0.3) is 0 Å². The van der Waals surface area contributed by atoms with E-state index in [9.17, 15) is 9.59 Å². The Morgan fingerprint density at radius 2 is 2.21 bits per heavy atom. The topological polar surface area (TPSA) is 95.9 Å². The molecule has 0 spiro atoms. The highest BCUT2D eigenvalue weighted by Crippen LogP contribution is 2.43. The van der Waals surface area contributed by atoms with Gasteiger partial charge in [0, 0.05) is 38.1 Å². The van der Waals surface area contributed by atoms with E-state index in [0.29, 0.717) is 18.5 Å². The number of aromatic nitrogens is 4. The number of anilines is 1. The van der Waals surface area contributed by atoms with Crippen molar-refractivity contribution in [1.29, 1.82) is 0 Å². The molecule has 8 heteroatoms. The van der Waals surface area contributed by atoms with Crippen LogP contribution >= 0.6 is 0 Å². The van der Waals surface area contributed by atoms with Crippen molar-refractivity contribution in [1.82, 2.24) is 24.6 Å². The molecule has 2 atom stereocenters. The normalized spacial score (nSPS) is 24.2. The van der Waals surface area contributed by atoms with E-state index in [1.54, 1.807) is 18.6 Å². The molecule has 2 aromatic rings. The monoisotopic (exact) mass is 328 g/mol. The van der Waals surface area contributed by atoms with Crippen LogP contribution in [0.1, 0.15) is 37.5 Å². The number of aryl methyl sites for hydroxylation is 1. The molecule has 1 saturated heterocycles. The molecule has 126 valence electrons. The highest BCUT2D eigenvalue weighted by Gasteiger charge is 2.47. The van der Waals surface area contributed by atoms with E-state index < -0.39 is 0 Å². The molecule has 8 nitrogen and oxygen atoms in total. The quantitative estimate of drug-likeness (QED) is 0.882. The van der Waals surface area contributed by atoms with Gasteiger partial charge in [-0.1, -0.05) is 0 Å². The van der Waals surface area contributed by atoms with E-state index in [1.807, 2.05) is 22.7 Å². The maximum absolute atomic E-state index is 12.8. The molecule has 1 aliphatic heterocycles. The lowest BCUT2D eigenvalue weighted by Crippen LogP contribution is -2.48. The Labute approximate surface area is 139 Å². The molecule has 4 rings (SSSR count). The summed E-state index contributed by atoms with van der Waals surface area (Å²) < 4.78 is 1.90. The number of likely N-dealkylation sites (tertiary alicyclic amines) is 1. The van der Waals surface area contributed by atoms with Crippen LogP contribution in [0.3, 0.4) is 0 Å². The summed E-state index contributed by atoms with van der Waals surface area (Å²) in [6.07, 6.45) is 9.71. The lowest BCUT2D eigenvalue weighted by atomic mass is 9.86. The van der Waals surface area contributed by atoms with Crippen LogP contribution in [0.4, 0.5) is 5.69 Å². The highest BCUT2D eigenvalue weighted by atomic mass is 16.2. The van der Waals surface area contributed by atoms with Crippen molar-refractivity contribution in [2.75, 3.05) is 5.32 Å². The minimum atomic E-state index is -0.320. The van der Waals surface area contributed by atoms with Gasteiger partial charge < -0.3 is 14.8 Å². The first-order valence-electron chi connectivity index (χ1n) is 8.23. The SMILES string of the molecule is Cn1ccnc1[C@@H]1[C@@H](C(=O)Nc2cn[nH]c2)CCC(=O)N1C1CC1. The molecule has 3 heterocycles. The van der Waals surface area contributed by atoms with E-state index in [-0.39, 0.29) is 29.8 Å². The van der Waals surface area contributed by atoms with E-state index in [0.717, 1.165) is 18.7 Å². The standard InChI is InChI=1S/C16H20N6O2/c1-21-7-6-17-15(21)14-12(16(24)20-10-8-18-19-9-10)4-5-13(23)22(14)11-2-3-11/h6-9,11-12,14H,2-5H2,1H3,(H,18,19)(H,20,24)/t12-,14-/m0/s1. The second-order valence-corrected chi connectivity index (χ2v) is 6.49.